The Balaban J connectivity index is 1.63. The number of aromatic nitrogens is 1. The fourth-order valence-electron chi connectivity index (χ4n) is 4.60. The molecule has 4 rings (SSSR count). The van der Waals surface area contributed by atoms with Crippen molar-refractivity contribution in [2.45, 2.75) is 65.1 Å². The highest BCUT2D eigenvalue weighted by Crippen LogP contribution is 2.26. The lowest BCUT2D eigenvalue weighted by atomic mass is 10.0. The Morgan fingerprint density at radius 1 is 1.13 bits per heavy atom. The number of H-pyrrole nitrogens is 1. The maximum Gasteiger partial charge on any atom is 0.253 e. The van der Waals surface area contributed by atoms with E-state index in [9.17, 15) is 4.79 Å². The molecule has 0 aliphatic heterocycles. The van der Waals surface area contributed by atoms with E-state index in [1.54, 1.807) is 0 Å². The van der Waals surface area contributed by atoms with Crippen LogP contribution >= 0.6 is 12.2 Å². The molecule has 5 heteroatoms. The predicted molar refractivity (Wildman–Crippen MR) is 132 cm³/mol. The molecule has 0 amide bonds. The molecule has 3 aromatic rings. The number of thiocarbonyl (C=S) groups is 1. The molecule has 1 fully saturated rings. The molecule has 31 heavy (non-hydrogen) atoms. The third-order valence-corrected chi connectivity index (χ3v) is 6.88. The van der Waals surface area contributed by atoms with Crippen LogP contribution in [-0.4, -0.2) is 21.0 Å². The summed E-state index contributed by atoms with van der Waals surface area (Å²) in [5, 5.41) is 5.35. The molecule has 4 nitrogen and oxygen atoms in total. The minimum Gasteiger partial charge on any atom is -0.356 e. The Labute approximate surface area is 189 Å². The first-order valence-electron chi connectivity index (χ1n) is 11.2. The summed E-state index contributed by atoms with van der Waals surface area (Å²) >= 11 is 5.88. The van der Waals surface area contributed by atoms with Gasteiger partial charge in [0.15, 0.2) is 5.11 Å². The number of aromatic amines is 1. The molecular formula is C26H31N3OS. The molecule has 0 saturated heterocycles. The van der Waals surface area contributed by atoms with Gasteiger partial charge < -0.3 is 15.2 Å². The van der Waals surface area contributed by atoms with Gasteiger partial charge in [0.25, 0.3) is 5.56 Å². The molecule has 2 aromatic carbocycles. The van der Waals surface area contributed by atoms with E-state index in [0.29, 0.717) is 12.6 Å². The quantitative estimate of drug-likeness (QED) is 0.520. The molecule has 0 radical (unpaired) electrons. The number of hydrogen-bond acceptors (Lipinski definition) is 2. The van der Waals surface area contributed by atoms with Crippen molar-refractivity contribution in [1.29, 1.82) is 0 Å². The van der Waals surface area contributed by atoms with E-state index >= 15 is 0 Å². The number of aryl methyl sites for hydroxylation is 2. The summed E-state index contributed by atoms with van der Waals surface area (Å²) in [5.74, 6) is 0. The summed E-state index contributed by atoms with van der Waals surface area (Å²) in [7, 11) is 0. The number of rotatable bonds is 5. The first-order chi connectivity index (χ1) is 14.9. The second-order valence-electron chi connectivity index (χ2n) is 8.76. The number of benzene rings is 2. The van der Waals surface area contributed by atoms with Crippen molar-refractivity contribution >= 4 is 28.2 Å². The van der Waals surface area contributed by atoms with Gasteiger partial charge in [0.2, 0.25) is 0 Å². The van der Waals surface area contributed by atoms with Gasteiger partial charge in [0.05, 0.1) is 18.1 Å². The lowest BCUT2D eigenvalue weighted by molar-refractivity contribution is 0.300. The van der Waals surface area contributed by atoms with Gasteiger partial charge >= 0.3 is 0 Å². The SMILES string of the molecule is Cc1ccc(C)c2[nH]c(=O)c(CN(C(=S)NC(C)c3ccccc3)C3CCCC3)cc12. The highest BCUT2D eigenvalue weighted by atomic mass is 32.1. The minimum absolute atomic E-state index is 0.0249. The Morgan fingerprint density at radius 2 is 1.81 bits per heavy atom. The molecule has 1 aliphatic carbocycles. The Bertz CT molecular complexity index is 1130. The molecule has 1 aromatic heterocycles. The largest absolute Gasteiger partial charge is 0.356 e. The summed E-state index contributed by atoms with van der Waals surface area (Å²) in [6.45, 7) is 6.78. The highest BCUT2D eigenvalue weighted by molar-refractivity contribution is 7.80. The van der Waals surface area contributed by atoms with Gasteiger partial charge in [-0.1, -0.05) is 55.3 Å². The van der Waals surface area contributed by atoms with Gasteiger partial charge in [-0.2, -0.15) is 0 Å². The van der Waals surface area contributed by atoms with Crippen LogP contribution in [-0.2, 0) is 6.54 Å². The van der Waals surface area contributed by atoms with Gasteiger partial charge in [0, 0.05) is 17.0 Å². The monoisotopic (exact) mass is 433 g/mol. The van der Waals surface area contributed by atoms with E-state index in [2.05, 4.69) is 59.4 Å². The molecule has 1 unspecified atom stereocenters. The van der Waals surface area contributed by atoms with Crippen LogP contribution in [0.4, 0.5) is 0 Å². The third-order valence-electron chi connectivity index (χ3n) is 6.53. The molecule has 2 N–H and O–H groups in total. The van der Waals surface area contributed by atoms with E-state index < -0.39 is 0 Å². The van der Waals surface area contributed by atoms with E-state index in [4.69, 9.17) is 12.2 Å². The summed E-state index contributed by atoms with van der Waals surface area (Å²) in [6, 6.07) is 17.0. The molecular weight excluding hydrogens is 402 g/mol. The number of pyridine rings is 1. The zero-order valence-electron chi connectivity index (χ0n) is 18.6. The van der Waals surface area contributed by atoms with Crippen molar-refractivity contribution in [3.63, 3.8) is 0 Å². The van der Waals surface area contributed by atoms with E-state index in [1.807, 2.05) is 25.1 Å². The number of hydrogen-bond donors (Lipinski definition) is 2. The maximum absolute atomic E-state index is 13.0. The van der Waals surface area contributed by atoms with Gasteiger partial charge in [-0.3, -0.25) is 4.79 Å². The Morgan fingerprint density at radius 3 is 2.52 bits per heavy atom. The summed E-state index contributed by atoms with van der Waals surface area (Å²) in [6.07, 6.45) is 4.66. The summed E-state index contributed by atoms with van der Waals surface area (Å²) in [5.41, 5.74) is 5.13. The van der Waals surface area contributed by atoms with E-state index in [1.165, 1.54) is 24.0 Å². The van der Waals surface area contributed by atoms with Crippen LogP contribution in [0.25, 0.3) is 10.9 Å². The average Bonchev–Trinajstić information content (AvgIpc) is 3.30. The van der Waals surface area contributed by atoms with Crippen molar-refractivity contribution in [2.75, 3.05) is 0 Å². The number of nitrogens with one attached hydrogen (secondary N) is 2. The van der Waals surface area contributed by atoms with Crippen LogP contribution in [0, 0.1) is 13.8 Å². The molecule has 1 aliphatic rings. The van der Waals surface area contributed by atoms with Crippen LogP contribution in [0.3, 0.4) is 0 Å². The molecule has 0 bridgehead atoms. The van der Waals surface area contributed by atoms with Crippen molar-refractivity contribution < 1.29 is 0 Å². The lowest BCUT2D eigenvalue weighted by Gasteiger charge is -2.33. The zero-order valence-corrected chi connectivity index (χ0v) is 19.4. The van der Waals surface area contributed by atoms with Crippen molar-refractivity contribution in [2.24, 2.45) is 0 Å². The second kappa shape index (κ2) is 9.23. The van der Waals surface area contributed by atoms with Crippen LogP contribution in [0.2, 0.25) is 0 Å². The Kier molecular flexibility index (Phi) is 6.42. The lowest BCUT2D eigenvalue weighted by Crippen LogP contribution is -2.46. The average molecular weight is 434 g/mol. The standard InChI is InChI=1S/C26H31N3OS/c1-17-13-14-18(2)24-23(17)15-21(25(30)28-24)16-29(22-11-7-8-12-22)26(31)27-19(3)20-9-5-4-6-10-20/h4-6,9-10,13-15,19,22H,7-8,11-12,16H2,1-3H3,(H,27,31)(H,28,30). The third kappa shape index (κ3) is 4.67. The van der Waals surface area contributed by atoms with Gasteiger partial charge in [-0.25, -0.2) is 0 Å². The highest BCUT2D eigenvalue weighted by Gasteiger charge is 2.26. The smallest absolute Gasteiger partial charge is 0.253 e. The van der Waals surface area contributed by atoms with Crippen LogP contribution in [0.1, 0.15) is 60.9 Å². The van der Waals surface area contributed by atoms with Crippen LogP contribution in [0.15, 0.2) is 53.3 Å². The zero-order chi connectivity index (χ0) is 22.0. The molecule has 1 saturated carbocycles. The van der Waals surface area contributed by atoms with Gasteiger partial charge in [-0.15, -0.1) is 0 Å². The van der Waals surface area contributed by atoms with Gasteiger partial charge in [-0.05, 0) is 68.6 Å². The maximum atomic E-state index is 13.0. The van der Waals surface area contributed by atoms with Crippen LogP contribution < -0.4 is 10.9 Å². The first kappa shape index (κ1) is 21.6. The summed E-state index contributed by atoms with van der Waals surface area (Å²) < 4.78 is 0. The van der Waals surface area contributed by atoms with Crippen molar-refractivity contribution in [1.82, 2.24) is 15.2 Å². The molecule has 1 heterocycles. The normalized spacial score (nSPS) is 15.2. The topological polar surface area (TPSA) is 48.1 Å². The molecule has 1 atom stereocenters. The molecule has 162 valence electrons. The first-order valence-corrected chi connectivity index (χ1v) is 11.6. The predicted octanol–water partition coefficient (Wildman–Crippen LogP) is 5.53. The fourth-order valence-corrected chi connectivity index (χ4v) is 4.99. The van der Waals surface area contributed by atoms with E-state index in [0.717, 1.165) is 40.0 Å². The van der Waals surface area contributed by atoms with Crippen molar-refractivity contribution in [3.05, 3.63) is 81.1 Å². The minimum atomic E-state index is -0.0249. The Hall–Kier alpha value is -2.66. The fraction of sp³-hybridized carbons (Fsp3) is 0.385. The van der Waals surface area contributed by atoms with Crippen molar-refractivity contribution in [3.8, 4) is 0 Å². The summed E-state index contributed by atoms with van der Waals surface area (Å²) in [4.78, 5) is 18.3. The number of fused-ring (bicyclic) bond motifs is 1. The van der Waals surface area contributed by atoms with Crippen LogP contribution in [0.5, 0.6) is 0 Å². The number of nitrogens with zero attached hydrogens (tertiary/aromatic N) is 1. The van der Waals surface area contributed by atoms with E-state index in [-0.39, 0.29) is 11.6 Å². The molecule has 0 spiro atoms. The van der Waals surface area contributed by atoms with Gasteiger partial charge in [0.1, 0.15) is 0 Å². The second-order valence-corrected chi connectivity index (χ2v) is 9.15.